The topological polar surface area (TPSA) is 83.7 Å². The van der Waals surface area contributed by atoms with E-state index in [9.17, 15) is 14.7 Å². The Morgan fingerprint density at radius 2 is 1.90 bits per heavy atom. The predicted molar refractivity (Wildman–Crippen MR) is 127 cm³/mol. The van der Waals surface area contributed by atoms with E-state index in [1.165, 1.54) is 11.8 Å². The maximum absolute atomic E-state index is 12.5. The molecule has 0 aliphatic carbocycles. The molecule has 0 bridgehead atoms. The molecule has 31 heavy (non-hydrogen) atoms. The molecular formula is C23H18BrN3O3S. The normalized spacial score (nSPS) is 16.2. The smallest absolute Gasteiger partial charge is 0.335 e. The number of aliphatic imine (C=N–C) groups is 1. The summed E-state index contributed by atoms with van der Waals surface area (Å²) in [6.45, 7) is 3.89. The maximum Gasteiger partial charge on any atom is 0.335 e. The van der Waals surface area contributed by atoms with Gasteiger partial charge in [-0.3, -0.25) is 4.79 Å². The highest BCUT2D eigenvalue weighted by atomic mass is 79.9. The predicted octanol–water partition coefficient (Wildman–Crippen LogP) is 5.45. The average Bonchev–Trinajstić information content (AvgIpc) is 3.22. The van der Waals surface area contributed by atoms with Crippen molar-refractivity contribution in [2.75, 3.05) is 0 Å². The first-order chi connectivity index (χ1) is 14.8. The van der Waals surface area contributed by atoms with Crippen molar-refractivity contribution in [2.45, 2.75) is 13.8 Å². The fraction of sp³-hybridized carbons (Fsp3) is 0.0870. The van der Waals surface area contributed by atoms with E-state index in [1.54, 1.807) is 18.2 Å². The van der Waals surface area contributed by atoms with E-state index in [2.05, 4.69) is 26.2 Å². The van der Waals surface area contributed by atoms with Crippen molar-refractivity contribution in [3.05, 3.63) is 86.5 Å². The van der Waals surface area contributed by atoms with Gasteiger partial charge in [0.05, 0.1) is 16.2 Å². The standard InChI is InChI=1S/C23H18BrN3O3S/c1-13-10-16(14(2)27(13)19-5-3-4-15(11-19)22(29)30)12-20-21(28)26-23(31-20)25-18-8-6-17(24)7-9-18/h3-12H,1-2H3,(H,29,30)(H,25,26,28). The molecule has 1 amide bonds. The van der Waals surface area contributed by atoms with Crippen LogP contribution < -0.4 is 5.32 Å². The summed E-state index contributed by atoms with van der Waals surface area (Å²) in [5.41, 5.74) is 4.49. The number of aromatic nitrogens is 1. The minimum Gasteiger partial charge on any atom is -0.478 e. The van der Waals surface area contributed by atoms with E-state index in [1.807, 2.05) is 60.9 Å². The summed E-state index contributed by atoms with van der Waals surface area (Å²) in [6.07, 6.45) is 1.84. The van der Waals surface area contributed by atoms with E-state index < -0.39 is 5.97 Å². The number of carbonyl (C=O) groups excluding carboxylic acids is 1. The number of halogens is 1. The largest absolute Gasteiger partial charge is 0.478 e. The van der Waals surface area contributed by atoms with Crippen molar-refractivity contribution < 1.29 is 14.7 Å². The summed E-state index contributed by atoms with van der Waals surface area (Å²) in [4.78, 5) is 28.8. The molecule has 0 saturated carbocycles. The molecule has 8 heteroatoms. The highest BCUT2D eigenvalue weighted by molar-refractivity contribution is 9.10. The van der Waals surface area contributed by atoms with E-state index >= 15 is 0 Å². The van der Waals surface area contributed by atoms with Gasteiger partial charge in [0.15, 0.2) is 5.17 Å². The van der Waals surface area contributed by atoms with E-state index in [0.717, 1.165) is 32.8 Å². The Bertz CT molecular complexity index is 1260. The molecule has 4 rings (SSSR count). The van der Waals surface area contributed by atoms with Gasteiger partial charge in [-0.15, -0.1) is 0 Å². The van der Waals surface area contributed by atoms with E-state index in [4.69, 9.17) is 0 Å². The Hall–Kier alpha value is -3.10. The Morgan fingerprint density at radius 1 is 1.16 bits per heavy atom. The lowest BCUT2D eigenvalue weighted by molar-refractivity contribution is -0.115. The number of hydrogen-bond acceptors (Lipinski definition) is 4. The van der Waals surface area contributed by atoms with E-state index in [-0.39, 0.29) is 11.5 Å². The van der Waals surface area contributed by atoms with Gasteiger partial charge in [0, 0.05) is 21.5 Å². The number of carboxylic acids is 1. The molecule has 1 aliphatic heterocycles. The second kappa shape index (κ2) is 8.56. The zero-order valence-electron chi connectivity index (χ0n) is 16.7. The van der Waals surface area contributed by atoms with Crippen LogP contribution in [0, 0.1) is 13.8 Å². The highest BCUT2D eigenvalue weighted by Crippen LogP contribution is 2.31. The van der Waals surface area contributed by atoms with Crippen LogP contribution in [0.2, 0.25) is 0 Å². The number of aryl methyl sites for hydroxylation is 1. The molecule has 1 saturated heterocycles. The van der Waals surface area contributed by atoms with Crippen LogP contribution >= 0.6 is 27.7 Å². The SMILES string of the molecule is Cc1cc(C=C2SC(=Nc3ccc(Br)cc3)NC2=O)c(C)n1-c1cccc(C(=O)O)c1. The molecule has 1 aliphatic rings. The number of amides is 1. The first-order valence-corrected chi connectivity index (χ1v) is 11.0. The Labute approximate surface area is 191 Å². The summed E-state index contributed by atoms with van der Waals surface area (Å²) >= 11 is 4.68. The van der Waals surface area contributed by atoms with Crippen molar-refractivity contribution in [1.29, 1.82) is 0 Å². The Kier molecular flexibility index (Phi) is 5.84. The maximum atomic E-state index is 12.5. The number of amidine groups is 1. The molecule has 1 fully saturated rings. The van der Waals surface area contributed by atoms with Crippen molar-refractivity contribution in [3.8, 4) is 5.69 Å². The van der Waals surface area contributed by atoms with Gasteiger partial charge in [0.1, 0.15) is 0 Å². The van der Waals surface area contributed by atoms with Gasteiger partial charge in [-0.1, -0.05) is 22.0 Å². The number of hydrogen-bond donors (Lipinski definition) is 2. The third kappa shape index (κ3) is 4.50. The zero-order valence-corrected chi connectivity index (χ0v) is 19.1. The molecule has 2 heterocycles. The van der Waals surface area contributed by atoms with Gasteiger partial charge >= 0.3 is 5.97 Å². The molecular weight excluding hydrogens is 478 g/mol. The summed E-state index contributed by atoms with van der Waals surface area (Å²) in [7, 11) is 0. The number of benzene rings is 2. The third-order valence-corrected chi connectivity index (χ3v) is 6.25. The molecule has 0 spiro atoms. The average molecular weight is 496 g/mol. The van der Waals surface area contributed by atoms with Gasteiger partial charge in [0.2, 0.25) is 0 Å². The Morgan fingerprint density at radius 3 is 2.61 bits per heavy atom. The first-order valence-electron chi connectivity index (χ1n) is 9.39. The summed E-state index contributed by atoms with van der Waals surface area (Å²) in [6, 6.07) is 16.3. The first kappa shape index (κ1) is 21.1. The zero-order chi connectivity index (χ0) is 22.1. The number of carboxylic acid groups (broad SMARTS) is 1. The van der Waals surface area contributed by atoms with Crippen LogP contribution in [0.3, 0.4) is 0 Å². The number of carbonyl (C=O) groups is 2. The van der Waals surface area contributed by atoms with Crippen molar-refractivity contribution in [3.63, 3.8) is 0 Å². The lowest BCUT2D eigenvalue weighted by atomic mass is 10.2. The lowest BCUT2D eigenvalue weighted by Crippen LogP contribution is -2.19. The van der Waals surface area contributed by atoms with Crippen molar-refractivity contribution >= 4 is 56.5 Å². The highest BCUT2D eigenvalue weighted by Gasteiger charge is 2.24. The van der Waals surface area contributed by atoms with Crippen LogP contribution in [-0.4, -0.2) is 26.7 Å². The van der Waals surface area contributed by atoms with Crippen LogP contribution in [0.25, 0.3) is 11.8 Å². The van der Waals surface area contributed by atoms with Crippen LogP contribution in [0.15, 0.2) is 69.0 Å². The van der Waals surface area contributed by atoms with Gasteiger partial charge < -0.3 is 15.0 Å². The second-order valence-electron chi connectivity index (χ2n) is 6.98. The monoisotopic (exact) mass is 495 g/mol. The second-order valence-corrected chi connectivity index (χ2v) is 8.92. The number of nitrogens with zero attached hydrogens (tertiary/aromatic N) is 2. The van der Waals surface area contributed by atoms with Crippen molar-refractivity contribution in [1.82, 2.24) is 9.88 Å². The Balaban J connectivity index is 1.64. The summed E-state index contributed by atoms with van der Waals surface area (Å²) < 4.78 is 2.94. The van der Waals surface area contributed by atoms with Crippen LogP contribution in [-0.2, 0) is 4.79 Å². The minimum atomic E-state index is -0.969. The van der Waals surface area contributed by atoms with Gasteiger partial charge in [-0.05, 0) is 85.8 Å². The molecule has 0 radical (unpaired) electrons. The fourth-order valence-corrected chi connectivity index (χ4v) is 4.46. The fourth-order valence-electron chi connectivity index (χ4n) is 3.36. The molecule has 0 unspecified atom stereocenters. The number of thioether (sulfide) groups is 1. The number of aromatic carboxylic acids is 1. The molecule has 2 N–H and O–H groups in total. The van der Waals surface area contributed by atoms with Crippen LogP contribution in [0.4, 0.5) is 5.69 Å². The van der Waals surface area contributed by atoms with Crippen molar-refractivity contribution in [2.24, 2.45) is 4.99 Å². The minimum absolute atomic E-state index is 0.196. The number of nitrogens with one attached hydrogen (secondary N) is 1. The lowest BCUT2D eigenvalue weighted by Gasteiger charge is -2.10. The molecule has 1 aromatic heterocycles. The molecule has 0 atom stereocenters. The van der Waals surface area contributed by atoms with E-state index in [0.29, 0.717) is 10.1 Å². The van der Waals surface area contributed by atoms with Crippen LogP contribution in [0.1, 0.15) is 27.3 Å². The van der Waals surface area contributed by atoms with Gasteiger partial charge in [-0.2, -0.15) is 0 Å². The summed E-state index contributed by atoms with van der Waals surface area (Å²) in [5.74, 6) is -1.16. The summed E-state index contributed by atoms with van der Waals surface area (Å²) in [5, 5.41) is 12.6. The molecule has 6 nitrogen and oxygen atoms in total. The molecule has 2 aromatic carbocycles. The number of rotatable bonds is 4. The van der Waals surface area contributed by atoms with Gasteiger partial charge in [-0.25, -0.2) is 9.79 Å². The third-order valence-electron chi connectivity index (χ3n) is 4.82. The van der Waals surface area contributed by atoms with Crippen LogP contribution in [0.5, 0.6) is 0 Å². The quantitative estimate of drug-likeness (QED) is 0.471. The molecule has 3 aromatic rings. The van der Waals surface area contributed by atoms with Gasteiger partial charge in [0.25, 0.3) is 5.91 Å². The molecule has 156 valence electrons.